The van der Waals surface area contributed by atoms with Crippen LogP contribution in [0, 0.1) is 11.6 Å². The van der Waals surface area contributed by atoms with E-state index in [9.17, 15) is 13.6 Å². The molecule has 0 saturated carbocycles. The molecule has 0 spiro atoms. The van der Waals surface area contributed by atoms with E-state index in [-0.39, 0.29) is 11.5 Å². The van der Waals surface area contributed by atoms with E-state index in [1.165, 1.54) is 4.90 Å². The molecular formula is C15H22F2N2O. The zero-order valence-electron chi connectivity index (χ0n) is 12.4. The molecule has 3 nitrogen and oxygen atoms in total. The fraction of sp³-hybridized carbons (Fsp3) is 0.533. The van der Waals surface area contributed by atoms with Gasteiger partial charge in [0, 0.05) is 12.6 Å². The molecule has 0 aromatic heterocycles. The van der Waals surface area contributed by atoms with Gasteiger partial charge in [0.2, 0.25) is 5.91 Å². The molecule has 5 heteroatoms. The molecule has 0 aliphatic carbocycles. The van der Waals surface area contributed by atoms with Crippen molar-refractivity contribution in [2.45, 2.75) is 45.2 Å². The second-order valence-corrected chi connectivity index (χ2v) is 5.12. The second kappa shape index (κ2) is 6.31. The minimum absolute atomic E-state index is 0.149. The lowest BCUT2D eigenvalue weighted by molar-refractivity contribution is -0.138. The number of likely N-dealkylation sites (N-methyl/N-ethyl adjacent to an activating group) is 1. The molecule has 1 atom stereocenters. The first kappa shape index (κ1) is 16.6. The predicted molar refractivity (Wildman–Crippen MR) is 75.0 cm³/mol. The molecule has 0 saturated heterocycles. The van der Waals surface area contributed by atoms with E-state index in [0.717, 1.165) is 18.2 Å². The minimum Gasteiger partial charge on any atom is -0.337 e. The van der Waals surface area contributed by atoms with Crippen molar-refractivity contribution in [1.82, 2.24) is 4.90 Å². The number of carbonyl (C=O) groups excluding carboxylic acids is 1. The molecule has 1 aromatic carbocycles. The molecule has 20 heavy (non-hydrogen) atoms. The monoisotopic (exact) mass is 284 g/mol. The lowest BCUT2D eigenvalue weighted by Gasteiger charge is -2.34. The smallest absolute Gasteiger partial charge is 0.242 e. The molecule has 2 N–H and O–H groups in total. The van der Waals surface area contributed by atoms with Crippen LogP contribution in [0.4, 0.5) is 8.78 Å². The van der Waals surface area contributed by atoms with E-state index in [0.29, 0.717) is 12.8 Å². The highest BCUT2D eigenvalue weighted by atomic mass is 19.1. The zero-order chi connectivity index (χ0) is 15.5. The average Bonchev–Trinajstić information content (AvgIpc) is 2.46. The molecule has 1 amide bonds. The number of amides is 1. The maximum absolute atomic E-state index is 13.8. The predicted octanol–water partition coefficient (Wildman–Crippen LogP) is 3.00. The number of hydrogen-bond acceptors (Lipinski definition) is 2. The molecule has 0 bridgehead atoms. The Kier molecular flexibility index (Phi) is 5.22. The van der Waals surface area contributed by atoms with Gasteiger partial charge < -0.3 is 10.6 Å². The highest BCUT2D eigenvalue weighted by Crippen LogP contribution is 2.26. The Hall–Kier alpha value is -1.49. The second-order valence-electron chi connectivity index (χ2n) is 5.12. The summed E-state index contributed by atoms with van der Waals surface area (Å²) >= 11 is 0. The van der Waals surface area contributed by atoms with Gasteiger partial charge in [0.05, 0.1) is 11.6 Å². The van der Waals surface area contributed by atoms with Crippen molar-refractivity contribution in [3.05, 3.63) is 35.4 Å². The summed E-state index contributed by atoms with van der Waals surface area (Å²) in [5, 5.41) is 0. The third-order valence-electron chi connectivity index (χ3n) is 4.00. The van der Waals surface area contributed by atoms with E-state index in [2.05, 4.69) is 0 Å². The van der Waals surface area contributed by atoms with Gasteiger partial charge in [-0.15, -0.1) is 0 Å². The molecule has 0 aliphatic heterocycles. The Balaban J connectivity index is 3.05. The lowest BCUT2D eigenvalue weighted by atomic mass is 9.91. The van der Waals surface area contributed by atoms with Gasteiger partial charge in [-0.2, -0.15) is 0 Å². The molecule has 1 unspecified atom stereocenters. The Morgan fingerprint density at radius 3 is 2.40 bits per heavy atom. The molecule has 0 heterocycles. The fourth-order valence-corrected chi connectivity index (χ4v) is 2.12. The maximum Gasteiger partial charge on any atom is 0.242 e. The van der Waals surface area contributed by atoms with Crippen molar-refractivity contribution >= 4 is 5.91 Å². The van der Waals surface area contributed by atoms with Gasteiger partial charge in [0.25, 0.3) is 0 Å². The first-order valence-electron chi connectivity index (χ1n) is 6.78. The summed E-state index contributed by atoms with van der Waals surface area (Å²) in [5.74, 6) is -1.33. The maximum atomic E-state index is 13.8. The van der Waals surface area contributed by atoms with E-state index in [1.807, 2.05) is 13.8 Å². The molecular weight excluding hydrogens is 262 g/mol. The highest BCUT2D eigenvalue weighted by Gasteiger charge is 2.35. The number of hydrogen-bond donors (Lipinski definition) is 1. The number of nitrogens with two attached hydrogens (primary N) is 1. The van der Waals surface area contributed by atoms with Crippen molar-refractivity contribution < 1.29 is 13.6 Å². The topological polar surface area (TPSA) is 46.3 Å². The van der Waals surface area contributed by atoms with Crippen molar-refractivity contribution in [3.63, 3.8) is 0 Å². The van der Waals surface area contributed by atoms with Crippen molar-refractivity contribution in [3.8, 4) is 0 Å². The van der Waals surface area contributed by atoms with E-state index in [4.69, 9.17) is 5.73 Å². The standard InChI is InChI=1S/C15H22F2N2O/c1-5-15(18,6-2)14(20)19(4)10(3)12-9-11(16)7-8-13(12)17/h7-10H,5-6,18H2,1-4H3. The number of halogens is 2. The van der Waals surface area contributed by atoms with Crippen LogP contribution in [0.3, 0.4) is 0 Å². The molecule has 0 fully saturated rings. The van der Waals surface area contributed by atoms with E-state index >= 15 is 0 Å². The van der Waals surface area contributed by atoms with E-state index < -0.39 is 23.2 Å². The van der Waals surface area contributed by atoms with Crippen LogP contribution in [0.15, 0.2) is 18.2 Å². The third kappa shape index (κ3) is 3.15. The lowest BCUT2D eigenvalue weighted by Crippen LogP contribution is -2.54. The van der Waals surface area contributed by atoms with Gasteiger partial charge >= 0.3 is 0 Å². The summed E-state index contributed by atoms with van der Waals surface area (Å²) in [4.78, 5) is 13.8. The van der Waals surface area contributed by atoms with Crippen LogP contribution in [0.2, 0.25) is 0 Å². The molecule has 0 radical (unpaired) electrons. The van der Waals surface area contributed by atoms with Gasteiger partial charge in [0.1, 0.15) is 11.6 Å². The molecule has 1 aromatic rings. The number of carbonyl (C=O) groups is 1. The Morgan fingerprint density at radius 2 is 1.90 bits per heavy atom. The summed E-state index contributed by atoms with van der Waals surface area (Å²) in [6.45, 7) is 5.33. The zero-order valence-corrected chi connectivity index (χ0v) is 12.4. The molecule has 112 valence electrons. The largest absolute Gasteiger partial charge is 0.337 e. The first-order valence-corrected chi connectivity index (χ1v) is 6.78. The first-order chi connectivity index (χ1) is 9.26. The minimum atomic E-state index is -0.965. The normalized spacial score (nSPS) is 13.2. The van der Waals surface area contributed by atoms with E-state index in [1.54, 1.807) is 14.0 Å². The van der Waals surface area contributed by atoms with Crippen molar-refractivity contribution in [2.24, 2.45) is 5.73 Å². The Bertz CT molecular complexity index is 487. The fourth-order valence-electron chi connectivity index (χ4n) is 2.12. The van der Waals surface area contributed by atoms with Crippen LogP contribution in [0.1, 0.15) is 45.2 Å². The Morgan fingerprint density at radius 1 is 1.35 bits per heavy atom. The highest BCUT2D eigenvalue weighted by molar-refractivity contribution is 5.86. The van der Waals surface area contributed by atoms with Crippen LogP contribution < -0.4 is 5.73 Å². The van der Waals surface area contributed by atoms with Gasteiger partial charge in [-0.1, -0.05) is 13.8 Å². The number of benzene rings is 1. The van der Waals surface area contributed by atoms with Crippen molar-refractivity contribution in [1.29, 1.82) is 0 Å². The van der Waals surface area contributed by atoms with Gasteiger partial charge in [0.15, 0.2) is 0 Å². The quantitative estimate of drug-likeness (QED) is 0.903. The van der Waals surface area contributed by atoms with Gasteiger partial charge in [-0.25, -0.2) is 8.78 Å². The SMILES string of the molecule is CCC(N)(CC)C(=O)N(C)C(C)c1cc(F)ccc1F. The summed E-state index contributed by atoms with van der Waals surface area (Å²) in [7, 11) is 1.56. The summed E-state index contributed by atoms with van der Waals surface area (Å²) in [6, 6.07) is 2.65. The number of rotatable bonds is 5. The molecule has 1 rings (SSSR count). The van der Waals surface area contributed by atoms with Crippen LogP contribution in [0.25, 0.3) is 0 Å². The average molecular weight is 284 g/mol. The van der Waals surface area contributed by atoms with Gasteiger partial charge in [-0.3, -0.25) is 4.79 Å². The summed E-state index contributed by atoms with van der Waals surface area (Å²) < 4.78 is 27.0. The van der Waals surface area contributed by atoms with Crippen LogP contribution in [-0.4, -0.2) is 23.4 Å². The summed E-state index contributed by atoms with van der Waals surface area (Å²) in [6.07, 6.45) is 0.982. The summed E-state index contributed by atoms with van der Waals surface area (Å²) in [5.41, 5.74) is 5.25. The van der Waals surface area contributed by atoms with Crippen molar-refractivity contribution in [2.75, 3.05) is 7.05 Å². The Labute approximate surface area is 118 Å². The van der Waals surface area contributed by atoms with Gasteiger partial charge in [-0.05, 0) is 38.0 Å². The third-order valence-corrected chi connectivity index (χ3v) is 4.00. The number of nitrogens with zero attached hydrogens (tertiary/aromatic N) is 1. The molecule has 0 aliphatic rings. The van der Waals surface area contributed by atoms with Crippen LogP contribution >= 0.6 is 0 Å². The van der Waals surface area contributed by atoms with Crippen LogP contribution in [-0.2, 0) is 4.79 Å². The van der Waals surface area contributed by atoms with Crippen LogP contribution in [0.5, 0.6) is 0 Å².